The summed E-state index contributed by atoms with van der Waals surface area (Å²) < 4.78 is 1.98. The second-order valence-corrected chi connectivity index (χ2v) is 13.7. The van der Waals surface area contributed by atoms with Crippen molar-refractivity contribution in [3.63, 3.8) is 0 Å². The molecular formula is C44H39Cl2N5. The first kappa shape index (κ1) is 34.4. The maximum Gasteiger partial charge on any atom is 0.184 e. The van der Waals surface area contributed by atoms with Crippen molar-refractivity contribution < 1.29 is 0 Å². The summed E-state index contributed by atoms with van der Waals surface area (Å²) in [4.78, 5) is 4.78. The van der Waals surface area contributed by atoms with Crippen LogP contribution in [0, 0.1) is 13.8 Å². The van der Waals surface area contributed by atoms with Crippen LogP contribution in [0.25, 0.3) is 22.5 Å². The second kappa shape index (κ2) is 15.0. The number of hydrogen-bond acceptors (Lipinski definition) is 4. The highest BCUT2D eigenvalue weighted by molar-refractivity contribution is 6.30. The molecule has 0 aliphatic carbocycles. The molecule has 1 atom stereocenters. The summed E-state index contributed by atoms with van der Waals surface area (Å²) in [5, 5.41) is 14.0. The minimum absolute atomic E-state index is 0.361. The number of aromatic nitrogens is 5. The molecule has 0 fully saturated rings. The van der Waals surface area contributed by atoms with Gasteiger partial charge >= 0.3 is 0 Å². The van der Waals surface area contributed by atoms with Gasteiger partial charge in [-0.3, -0.25) is 0 Å². The van der Waals surface area contributed by atoms with E-state index < -0.39 is 5.54 Å². The Labute approximate surface area is 310 Å². The lowest BCUT2D eigenvalue weighted by Gasteiger charge is -2.36. The molecule has 0 aliphatic heterocycles. The van der Waals surface area contributed by atoms with Crippen molar-refractivity contribution in [2.45, 2.75) is 50.9 Å². The van der Waals surface area contributed by atoms with Gasteiger partial charge in [0.15, 0.2) is 5.82 Å². The molecule has 7 heteroatoms. The SMILES string of the molecule is CCCCc1nc(Cl)c(C)c(C)c1C(Cl)c1ccc(-c2ccccc2-c2nnnn2C(c2ccccc2)(c2ccccc2)c2ccccc2)cc1. The summed E-state index contributed by atoms with van der Waals surface area (Å²) in [6.45, 7) is 6.29. The molecule has 0 saturated heterocycles. The van der Waals surface area contributed by atoms with Gasteiger partial charge in [0, 0.05) is 11.3 Å². The zero-order valence-corrected chi connectivity index (χ0v) is 30.5. The Morgan fingerprint density at radius 1 is 0.667 bits per heavy atom. The minimum atomic E-state index is -0.858. The first-order chi connectivity index (χ1) is 24.9. The molecule has 7 rings (SSSR count). The third-order valence-electron chi connectivity index (χ3n) is 9.88. The van der Waals surface area contributed by atoms with E-state index in [0.29, 0.717) is 11.0 Å². The molecule has 0 saturated carbocycles. The van der Waals surface area contributed by atoms with E-state index in [1.54, 1.807) is 0 Å². The zero-order chi connectivity index (χ0) is 35.4. The molecule has 2 heterocycles. The number of benzene rings is 5. The molecule has 51 heavy (non-hydrogen) atoms. The van der Waals surface area contributed by atoms with E-state index in [2.05, 4.69) is 134 Å². The van der Waals surface area contributed by atoms with Gasteiger partial charge in [0.05, 0.1) is 5.38 Å². The smallest absolute Gasteiger partial charge is 0.184 e. The average molecular weight is 709 g/mol. The average Bonchev–Trinajstić information content (AvgIpc) is 3.68. The molecular weight excluding hydrogens is 669 g/mol. The number of pyridine rings is 1. The van der Waals surface area contributed by atoms with E-state index in [9.17, 15) is 0 Å². The predicted octanol–water partition coefficient (Wildman–Crippen LogP) is 11.2. The highest BCUT2D eigenvalue weighted by Gasteiger charge is 2.42. The summed E-state index contributed by atoms with van der Waals surface area (Å²) in [7, 11) is 0. The van der Waals surface area contributed by atoms with Crippen molar-refractivity contribution in [1.82, 2.24) is 25.2 Å². The lowest BCUT2D eigenvalue weighted by atomic mass is 9.77. The van der Waals surface area contributed by atoms with E-state index in [1.807, 2.05) is 35.9 Å². The molecule has 0 spiro atoms. The summed E-state index contributed by atoms with van der Waals surface area (Å²) in [6.07, 6.45) is 2.93. The van der Waals surface area contributed by atoms with Crippen LogP contribution < -0.4 is 0 Å². The Morgan fingerprint density at radius 2 is 1.20 bits per heavy atom. The lowest BCUT2D eigenvalue weighted by Crippen LogP contribution is -2.39. The Balaban J connectivity index is 1.35. The fourth-order valence-corrected chi connectivity index (χ4v) is 7.80. The number of tetrazole rings is 1. The van der Waals surface area contributed by atoms with Gasteiger partial charge in [0.25, 0.3) is 0 Å². The molecule has 0 bridgehead atoms. The molecule has 7 aromatic rings. The molecule has 0 N–H and O–H groups in total. The monoisotopic (exact) mass is 707 g/mol. The van der Waals surface area contributed by atoms with Gasteiger partial charge in [0.1, 0.15) is 10.7 Å². The highest BCUT2D eigenvalue weighted by Crippen LogP contribution is 2.44. The summed E-state index contributed by atoms with van der Waals surface area (Å²) in [6, 6.07) is 48.1. The van der Waals surface area contributed by atoms with Crippen LogP contribution in [0.15, 0.2) is 140 Å². The Bertz CT molecular complexity index is 2140. The maximum absolute atomic E-state index is 7.29. The Kier molecular flexibility index (Phi) is 10.1. The fourth-order valence-electron chi connectivity index (χ4n) is 7.12. The van der Waals surface area contributed by atoms with Crippen molar-refractivity contribution in [1.29, 1.82) is 0 Å². The van der Waals surface area contributed by atoms with Crippen molar-refractivity contribution in [2.24, 2.45) is 0 Å². The maximum atomic E-state index is 7.29. The van der Waals surface area contributed by atoms with Gasteiger partial charge in [-0.1, -0.05) is 164 Å². The first-order valence-corrected chi connectivity index (χ1v) is 18.2. The molecule has 0 amide bonds. The van der Waals surface area contributed by atoms with Crippen LogP contribution in [-0.2, 0) is 12.0 Å². The predicted molar refractivity (Wildman–Crippen MR) is 208 cm³/mol. The molecule has 5 nitrogen and oxygen atoms in total. The lowest BCUT2D eigenvalue weighted by molar-refractivity contribution is 0.451. The number of halogens is 2. The summed E-state index contributed by atoms with van der Waals surface area (Å²) in [5.74, 6) is 0.653. The van der Waals surface area contributed by atoms with Crippen LogP contribution >= 0.6 is 23.2 Å². The number of alkyl halides is 1. The normalized spacial score (nSPS) is 12.2. The molecule has 2 aromatic heterocycles. The fraction of sp³-hybridized carbons (Fsp3) is 0.182. The number of hydrogen-bond donors (Lipinski definition) is 0. The van der Waals surface area contributed by atoms with Crippen molar-refractivity contribution >= 4 is 23.2 Å². The molecule has 5 aromatic carbocycles. The van der Waals surface area contributed by atoms with Gasteiger partial charge in [-0.05, 0) is 87.2 Å². The third kappa shape index (κ3) is 6.37. The van der Waals surface area contributed by atoms with Crippen LogP contribution in [-0.4, -0.2) is 25.2 Å². The van der Waals surface area contributed by atoms with Crippen LogP contribution in [0.1, 0.15) is 69.8 Å². The van der Waals surface area contributed by atoms with E-state index in [4.69, 9.17) is 38.5 Å². The van der Waals surface area contributed by atoms with E-state index in [0.717, 1.165) is 80.6 Å². The zero-order valence-electron chi connectivity index (χ0n) is 29.0. The summed E-state index contributed by atoms with van der Waals surface area (Å²) >= 11 is 13.8. The summed E-state index contributed by atoms with van der Waals surface area (Å²) in [5.41, 5.74) is 10.4. The van der Waals surface area contributed by atoms with Gasteiger partial charge in [-0.2, -0.15) is 0 Å². The standard InChI is InChI=1S/C44H39Cl2N5/c1-4-5-25-39-40(30(2)31(3)42(46)47-39)41(45)33-28-26-32(27-29-33)37-23-15-16-24-38(37)43-48-49-50-51(43)44(34-17-9-6-10-18-34,35-19-11-7-12-20-35)36-21-13-8-14-22-36/h6-24,26-29,41H,4-5,25H2,1-3H3. The third-order valence-corrected chi connectivity index (χ3v) is 10.7. The molecule has 0 aliphatic rings. The molecule has 0 radical (unpaired) electrons. The molecule has 1 unspecified atom stereocenters. The minimum Gasteiger partial charge on any atom is -0.240 e. The largest absolute Gasteiger partial charge is 0.240 e. The number of aryl methyl sites for hydroxylation is 1. The Hall–Kier alpha value is -5.10. The second-order valence-electron chi connectivity index (χ2n) is 12.9. The number of rotatable bonds is 11. The number of unbranched alkanes of at least 4 members (excludes halogenated alkanes) is 1. The highest BCUT2D eigenvalue weighted by atomic mass is 35.5. The van der Waals surface area contributed by atoms with Crippen molar-refractivity contribution in [2.75, 3.05) is 0 Å². The van der Waals surface area contributed by atoms with Crippen LogP contribution in [0.4, 0.5) is 0 Å². The van der Waals surface area contributed by atoms with Gasteiger partial charge < -0.3 is 0 Å². The number of nitrogens with zero attached hydrogens (tertiary/aromatic N) is 5. The Morgan fingerprint density at radius 3 is 1.75 bits per heavy atom. The van der Waals surface area contributed by atoms with Crippen LogP contribution in [0.5, 0.6) is 0 Å². The van der Waals surface area contributed by atoms with Crippen LogP contribution in [0.3, 0.4) is 0 Å². The van der Waals surface area contributed by atoms with Gasteiger partial charge in [-0.15, -0.1) is 16.7 Å². The van der Waals surface area contributed by atoms with Crippen molar-refractivity contribution in [3.05, 3.63) is 189 Å². The van der Waals surface area contributed by atoms with E-state index >= 15 is 0 Å². The van der Waals surface area contributed by atoms with Crippen molar-refractivity contribution in [3.8, 4) is 22.5 Å². The molecule has 254 valence electrons. The van der Waals surface area contributed by atoms with E-state index in [-0.39, 0.29) is 5.38 Å². The quantitative estimate of drug-likeness (QED) is 0.0763. The van der Waals surface area contributed by atoms with Crippen LogP contribution in [0.2, 0.25) is 5.15 Å². The topological polar surface area (TPSA) is 56.5 Å². The van der Waals surface area contributed by atoms with E-state index in [1.165, 1.54) is 0 Å². The van der Waals surface area contributed by atoms with Gasteiger partial charge in [0.2, 0.25) is 0 Å². The first-order valence-electron chi connectivity index (χ1n) is 17.4. The van der Waals surface area contributed by atoms with Gasteiger partial charge in [-0.25, -0.2) is 9.67 Å².